The van der Waals surface area contributed by atoms with Gasteiger partial charge in [0, 0.05) is 13.1 Å². The number of carbonyl (C=O) groups is 2. The Balaban J connectivity index is 2.42. The van der Waals surface area contributed by atoms with Crippen LogP contribution in [0.4, 0.5) is 0 Å². The number of nitrogens with zero attached hydrogens (tertiary/aromatic N) is 2. The maximum Gasteiger partial charge on any atom is 0.236 e. The van der Waals surface area contributed by atoms with E-state index in [2.05, 4.69) is 11.9 Å². The van der Waals surface area contributed by atoms with E-state index >= 15 is 0 Å². The van der Waals surface area contributed by atoms with Crippen molar-refractivity contribution in [1.82, 2.24) is 9.80 Å². The van der Waals surface area contributed by atoms with Gasteiger partial charge in [0.1, 0.15) is 6.42 Å². The molecule has 0 bridgehead atoms. The van der Waals surface area contributed by atoms with Crippen molar-refractivity contribution in [3.05, 3.63) is 6.42 Å². The van der Waals surface area contributed by atoms with Gasteiger partial charge in [0.05, 0.1) is 0 Å². The number of nitrogens with two attached hydrogens (primary N) is 1. The second kappa shape index (κ2) is 5.11. The first-order chi connectivity index (χ1) is 7.00. The van der Waals surface area contributed by atoms with Crippen LogP contribution in [0.3, 0.4) is 0 Å². The lowest BCUT2D eigenvalue weighted by Crippen LogP contribution is -2.45. The van der Waals surface area contributed by atoms with Gasteiger partial charge in [-0.15, -0.1) is 0 Å². The van der Waals surface area contributed by atoms with Crippen LogP contribution in [0.25, 0.3) is 0 Å². The van der Waals surface area contributed by atoms with Gasteiger partial charge in [-0.2, -0.15) is 0 Å². The van der Waals surface area contributed by atoms with Crippen molar-refractivity contribution in [2.75, 3.05) is 27.2 Å². The van der Waals surface area contributed by atoms with Crippen molar-refractivity contribution in [2.45, 2.75) is 18.9 Å². The molecule has 0 unspecified atom stereocenters. The second-order valence-electron chi connectivity index (χ2n) is 4.03. The molecule has 0 aliphatic carbocycles. The van der Waals surface area contributed by atoms with Gasteiger partial charge in [0.2, 0.25) is 11.8 Å². The molecule has 15 heavy (non-hydrogen) atoms. The van der Waals surface area contributed by atoms with E-state index in [4.69, 9.17) is 5.73 Å². The highest BCUT2D eigenvalue weighted by molar-refractivity contribution is 6.07. The lowest BCUT2D eigenvalue weighted by molar-refractivity contribution is -0.131. The molecule has 1 aliphatic heterocycles. The Kier molecular flexibility index (Phi) is 4.08. The topological polar surface area (TPSA) is 66.6 Å². The normalized spacial score (nSPS) is 18.8. The summed E-state index contributed by atoms with van der Waals surface area (Å²) in [6.45, 7) is 1.97. The van der Waals surface area contributed by atoms with Gasteiger partial charge >= 0.3 is 0 Å². The number of piperidine rings is 1. The largest absolute Gasteiger partial charge is 0.369 e. The average Bonchev–Trinajstić information content (AvgIpc) is 2.17. The zero-order chi connectivity index (χ0) is 11.4. The predicted molar refractivity (Wildman–Crippen MR) is 56.8 cm³/mol. The molecule has 0 atom stereocenters. The third kappa shape index (κ3) is 3.51. The number of primary amides is 1. The van der Waals surface area contributed by atoms with E-state index in [-0.39, 0.29) is 11.9 Å². The highest BCUT2D eigenvalue weighted by Crippen LogP contribution is 2.14. The first kappa shape index (κ1) is 12.0. The van der Waals surface area contributed by atoms with Crippen LogP contribution in [0.2, 0.25) is 0 Å². The fraction of sp³-hybridized carbons (Fsp3) is 0.700. The van der Waals surface area contributed by atoms with Crippen molar-refractivity contribution >= 4 is 11.8 Å². The van der Waals surface area contributed by atoms with Crippen LogP contribution < -0.4 is 5.73 Å². The minimum atomic E-state index is -0.681. The predicted octanol–water partition coefficient (Wildman–Crippen LogP) is -0.771. The molecule has 0 saturated carbocycles. The van der Waals surface area contributed by atoms with Gasteiger partial charge in [-0.1, -0.05) is 0 Å². The second-order valence-corrected chi connectivity index (χ2v) is 4.03. The molecule has 1 heterocycles. The Morgan fingerprint density at radius 1 is 1.40 bits per heavy atom. The van der Waals surface area contributed by atoms with E-state index in [1.54, 1.807) is 11.9 Å². The summed E-state index contributed by atoms with van der Waals surface area (Å²) < 4.78 is 0. The first-order valence-electron chi connectivity index (χ1n) is 5.10. The quantitative estimate of drug-likeness (QED) is 0.625. The summed E-state index contributed by atoms with van der Waals surface area (Å²) in [5.41, 5.74) is 4.93. The average molecular weight is 212 g/mol. The Labute approximate surface area is 90.2 Å². The molecule has 0 aromatic carbocycles. The van der Waals surface area contributed by atoms with Crippen molar-refractivity contribution < 1.29 is 9.59 Å². The maximum atomic E-state index is 11.5. The molecule has 2 N–H and O–H groups in total. The summed E-state index contributed by atoms with van der Waals surface area (Å²) >= 11 is 0. The molecule has 1 rings (SSSR count). The summed E-state index contributed by atoms with van der Waals surface area (Å²) in [6.07, 6.45) is 2.84. The molecule has 1 aliphatic rings. The Hall–Kier alpha value is -1.10. The number of hydrogen-bond donors (Lipinski definition) is 1. The fourth-order valence-electron chi connectivity index (χ4n) is 1.79. The number of rotatable bonds is 3. The Morgan fingerprint density at radius 3 is 2.40 bits per heavy atom. The molecule has 5 heteroatoms. The van der Waals surface area contributed by atoms with Gasteiger partial charge in [-0.3, -0.25) is 9.59 Å². The number of amides is 2. The van der Waals surface area contributed by atoms with Crippen LogP contribution >= 0.6 is 0 Å². The van der Waals surface area contributed by atoms with Gasteiger partial charge in [0.25, 0.3) is 0 Å². The van der Waals surface area contributed by atoms with Crippen LogP contribution in [0.15, 0.2) is 0 Å². The zero-order valence-corrected chi connectivity index (χ0v) is 9.27. The standard InChI is InChI=1S/C10H18N3O2/c1-12-5-3-8(4-6-12)13(2)10(15)7-9(11)14/h7-8H,3-6H2,1-2H3,(H2,11,14). The smallest absolute Gasteiger partial charge is 0.236 e. The van der Waals surface area contributed by atoms with Crippen molar-refractivity contribution in [2.24, 2.45) is 5.73 Å². The SMILES string of the molecule is CN1CCC(N(C)C(=O)[CH]C(N)=O)CC1. The lowest BCUT2D eigenvalue weighted by atomic mass is 10.0. The number of hydrogen-bond acceptors (Lipinski definition) is 3. The third-order valence-electron chi connectivity index (χ3n) is 2.85. The van der Waals surface area contributed by atoms with Crippen molar-refractivity contribution in [3.8, 4) is 0 Å². The van der Waals surface area contributed by atoms with E-state index in [1.165, 1.54) is 0 Å². The van der Waals surface area contributed by atoms with Crippen LogP contribution in [0.5, 0.6) is 0 Å². The minimum Gasteiger partial charge on any atom is -0.369 e. The van der Waals surface area contributed by atoms with Crippen molar-refractivity contribution in [1.29, 1.82) is 0 Å². The summed E-state index contributed by atoms with van der Waals surface area (Å²) in [6, 6.07) is 0.226. The fourth-order valence-corrected chi connectivity index (χ4v) is 1.79. The number of likely N-dealkylation sites (tertiary alicyclic amines) is 1. The van der Waals surface area contributed by atoms with Gasteiger partial charge < -0.3 is 15.5 Å². The van der Waals surface area contributed by atoms with E-state index in [1.807, 2.05) is 0 Å². The maximum absolute atomic E-state index is 11.5. The van der Waals surface area contributed by atoms with E-state index in [0.717, 1.165) is 32.4 Å². The summed E-state index contributed by atoms with van der Waals surface area (Å²) in [4.78, 5) is 25.9. The molecule has 85 valence electrons. The third-order valence-corrected chi connectivity index (χ3v) is 2.85. The van der Waals surface area contributed by atoms with Gasteiger partial charge in [-0.25, -0.2) is 0 Å². The molecule has 2 amide bonds. The summed E-state index contributed by atoms with van der Waals surface area (Å²) in [7, 11) is 3.78. The molecule has 5 nitrogen and oxygen atoms in total. The molecule has 1 saturated heterocycles. The highest BCUT2D eigenvalue weighted by atomic mass is 16.2. The highest BCUT2D eigenvalue weighted by Gasteiger charge is 2.24. The monoisotopic (exact) mass is 212 g/mol. The first-order valence-corrected chi connectivity index (χ1v) is 5.10. The molecular formula is C10H18N3O2. The Bertz CT molecular complexity index is 247. The minimum absolute atomic E-state index is 0.226. The van der Waals surface area contributed by atoms with E-state index < -0.39 is 5.91 Å². The molecule has 0 aromatic rings. The molecule has 1 radical (unpaired) electrons. The van der Waals surface area contributed by atoms with Crippen LogP contribution in [-0.4, -0.2) is 54.8 Å². The molecular weight excluding hydrogens is 194 g/mol. The van der Waals surface area contributed by atoms with Crippen LogP contribution in [0.1, 0.15) is 12.8 Å². The molecule has 1 fully saturated rings. The van der Waals surface area contributed by atoms with E-state index in [9.17, 15) is 9.59 Å². The van der Waals surface area contributed by atoms with Crippen molar-refractivity contribution in [3.63, 3.8) is 0 Å². The Morgan fingerprint density at radius 2 is 1.93 bits per heavy atom. The lowest BCUT2D eigenvalue weighted by Gasteiger charge is -2.34. The molecule has 0 spiro atoms. The van der Waals surface area contributed by atoms with E-state index in [0.29, 0.717) is 0 Å². The molecule has 0 aromatic heterocycles. The van der Waals surface area contributed by atoms with Gasteiger partial charge in [0.15, 0.2) is 0 Å². The van der Waals surface area contributed by atoms with Crippen LogP contribution in [0, 0.1) is 6.42 Å². The summed E-state index contributed by atoms with van der Waals surface area (Å²) in [5.74, 6) is -0.975. The van der Waals surface area contributed by atoms with Gasteiger partial charge in [-0.05, 0) is 33.0 Å². The number of carbonyl (C=O) groups excluding carboxylic acids is 2. The summed E-state index contributed by atoms with van der Waals surface area (Å²) in [5, 5.41) is 0. The van der Waals surface area contributed by atoms with Crippen LogP contribution in [-0.2, 0) is 9.59 Å². The zero-order valence-electron chi connectivity index (χ0n) is 9.27.